The summed E-state index contributed by atoms with van der Waals surface area (Å²) >= 11 is 0. The third kappa shape index (κ3) is 2.63. The van der Waals surface area contributed by atoms with Gasteiger partial charge < -0.3 is 4.42 Å². The minimum absolute atomic E-state index is 0.307. The van der Waals surface area contributed by atoms with Gasteiger partial charge in [0.05, 0.1) is 18.0 Å². The molecule has 0 fully saturated rings. The molecular formula is C13H11FN2O2. The van der Waals surface area contributed by atoms with Crippen LogP contribution in [0.3, 0.4) is 0 Å². The number of nitrogens with one attached hydrogen (secondary N) is 1. The van der Waals surface area contributed by atoms with Crippen LogP contribution in [-0.4, -0.2) is 12.1 Å². The first-order chi connectivity index (χ1) is 8.68. The number of hydrazone groups is 1. The van der Waals surface area contributed by atoms with Gasteiger partial charge in [0.2, 0.25) is 0 Å². The van der Waals surface area contributed by atoms with Crippen molar-refractivity contribution in [2.24, 2.45) is 5.10 Å². The normalized spacial score (nSPS) is 10.8. The third-order valence-electron chi connectivity index (χ3n) is 2.38. The molecule has 1 aromatic heterocycles. The fraction of sp³-hybridized carbons (Fsp3) is 0.0769. The molecule has 2 aromatic rings. The lowest BCUT2D eigenvalue weighted by Crippen LogP contribution is -2.17. The van der Waals surface area contributed by atoms with E-state index in [1.807, 2.05) is 0 Å². The molecule has 5 heteroatoms. The van der Waals surface area contributed by atoms with Gasteiger partial charge >= 0.3 is 0 Å². The van der Waals surface area contributed by atoms with Crippen LogP contribution in [-0.2, 0) is 0 Å². The number of nitrogens with zero attached hydrogens (tertiary/aromatic N) is 1. The molecule has 0 spiro atoms. The summed E-state index contributed by atoms with van der Waals surface area (Å²) in [5.41, 5.74) is 3.02. The predicted molar refractivity (Wildman–Crippen MR) is 64.9 cm³/mol. The van der Waals surface area contributed by atoms with E-state index < -0.39 is 11.7 Å². The topological polar surface area (TPSA) is 54.6 Å². The van der Waals surface area contributed by atoms with Gasteiger partial charge in [-0.05, 0) is 19.1 Å². The first-order valence-electron chi connectivity index (χ1n) is 5.30. The van der Waals surface area contributed by atoms with Crippen molar-refractivity contribution in [2.45, 2.75) is 6.92 Å². The number of hydrogen-bond acceptors (Lipinski definition) is 3. The zero-order chi connectivity index (χ0) is 13.0. The summed E-state index contributed by atoms with van der Waals surface area (Å²) in [4.78, 5) is 11.6. The van der Waals surface area contributed by atoms with E-state index >= 15 is 0 Å². The van der Waals surface area contributed by atoms with E-state index in [4.69, 9.17) is 4.42 Å². The Morgan fingerprint density at radius 1 is 1.39 bits per heavy atom. The Labute approximate surface area is 103 Å². The van der Waals surface area contributed by atoms with Gasteiger partial charge in [-0.3, -0.25) is 4.79 Å². The van der Waals surface area contributed by atoms with Crippen molar-refractivity contribution < 1.29 is 13.6 Å². The molecule has 0 saturated heterocycles. The molecule has 0 aliphatic rings. The van der Waals surface area contributed by atoms with Crippen molar-refractivity contribution in [2.75, 3.05) is 0 Å². The number of halogens is 1. The molecule has 1 heterocycles. The minimum atomic E-state index is -0.395. The number of rotatable bonds is 3. The molecule has 4 nitrogen and oxygen atoms in total. The summed E-state index contributed by atoms with van der Waals surface area (Å²) in [5.74, 6) is -0.280. The summed E-state index contributed by atoms with van der Waals surface area (Å²) < 4.78 is 18.2. The highest BCUT2D eigenvalue weighted by molar-refractivity contribution is 5.95. The Hall–Kier alpha value is -2.43. The summed E-state index contributed by atoms with van der Waals surface area (Å²) in [7, 11) is 0. The third-order valence-corrected chi connectivity index (χ3v) is 2.38. The van der Waals surface area contributed by atoms with Crippen LogP contribution in [0.15, 0.2) is 46.1 Å². The van der Waals surface area contributed by atoms with Crippen LogP contribution in [0.25, 0.3) is 0 Å². The molecule has 2 rings (SSSR count). The molecule has 1 aromatic carbocycles. The van der Waals surface area contributed by atoms with Gasteiger partial charge in [0.1, 0.15) is 11.6 Å². The molecule has 0 aliphatic heterocycles. The van der Waals surface area contributed by atoms with Gasteiger partial charge in [0.25, 0.3) is 5.91 Å². The minimum Gasteiger partial charge on any atom is -0.469 e. The molecule has 0 aliphatic carbocycles. The van der Waals surface area contributed by atoms with Gasteiger partial charge in [0.15, 0.2) is 0 Å². The van der Waals surface area contributed by atoms with E-state index in [2.05, 4.69) is 10.5 Å². The maximum atomic E-state index is 13.2. The molecule has 0 atom stereocenters. The van der Waals surface area contributed by atoms with Crippen molar-refractivity contribution in [3.63, 3.8) is 0 Å². The molecule has 0 unspecified atom stereocenters. The lowest BCUT2D eigenvalue weighted by molar-refractivity contribution is 0.0953. The van der Waals surface area contributed by atoms with Crippen LogP contribution in [0.5, 0.6) is 0 Å². The predicted octanol–water partition coefficient (Wildman–Crippen LogP) is 2.49. The number of benzene rings is 1. The van der Waals surface area contributed by atoms with E-state index in [-0.39, 0.29) is 0 Å². The number of furan rings is 1. The molecule has 0 bridgehead atoms. The van der Waals surface area contributed by atoms with Crippen molar-refractivity contribution in [1.29, 1.82) is 0 Å². The number of amides is 1. The maximum Gasteiger partial charge on any atom is 0.274 e. The molecule has 1 N–H and O–H groups in total. The van der Waals surface area contributed by atoms with Crippen molar-refractivity contribution in [3.05, 3.63) is 59.3 Å². The van der Waals surface area contributed by atoms with Crippen LogP contribution in [0.2, 0.25) is 0 Å². The second-order valence-corrected chi connectivity index (χ2v) is 3.61. The van der Waals surface area contributed by atoms with Gasteiger partial charge in [-0.25, -0.2) is 9.82 Å². The van der Waals surface area contributed by atoms with E-state index in [1.54, 1.807) is 31.2 Å². The van der Waals surface area contributed by atoms with Crippen LogP contribution in [0.4, 0.5) is 4.39 Å². The average molecular weight is 246 g/mol. The summed E-state index contributed by atoms with van der Waals surface area (Å²) in [6.45, 7) is 1.68. The largest absolute Gasteiger partial charge is 0.469 e. The fourth-order valence-corrected chi connectivity index (χ4v) is 1.42. The van der Waals surface area contributed by atoms with Crippen molar-refractivity contribution in [1.82, 2.24) is 5.43 Å². The van der Waals surface area contributed by atoms with Gasteiger partial charge in [-0.15, -0.1) is 0 Å². The molecule has 92 valence electrons. The summed E-state index contributed by atoms with van der Waals surface area (Å²) in [6, 6.07) is 7.70. The Kier molecular flexibility index (Phi) is 3.52. The lowest BCUT2D eigenvalue weighted by Gasteiger charge is -1.98. The molecular weight excluding hydrogens is 235 g/mol. The van der Waals surface area contributed by atoms with Gasteiger partial charge in [-0.1, -0.05) is 18.2 Å². The van der Waals surface area contributed by atoms with E-state index in [1.165, 1.54) is 18.5 Å². The highest BCUT2D eigenvalue weighted by atomic mass is 19.1. The summed E-state index contributed by atoms with van der Waals surface area (Å²) in [6.07, 6.45) is 2.67. The monoisotopic (exact) mass is 246 g/mol. The fourth-order valence-electron chi connectivity index (χ4n) is 1.42. The second kappa shape index (κ2) is 5.27. The Bertz CT molecular complexity index is 590. The Morgan fingerprint density at radius 2 is 2.17 bits per heavy atom. The number of carbonyl (C=O) groups is 1. The van der Waals surface area contributed by atoms with Crippen LogP contribution in [0.1, 0.15) is 21.7 Å². The van der Waals surface area contributed by atoms with Crippen LogP contribution < -0.4 is 5.43 Å². The van der Waals surface area contributed by atoms with Gasteiger partial charge in [-0.2, -0.15) is 5.10 Å². The SMILES string of the molecule is Cc1occc1C(=O)NN=Cc1ccccc1F. The summed E-state index contributed by atoms with van der Waals surface area (Å²) in [5, 5.41) is 3.69. The first kappa shape index (κ1) is 12.0. The highest BCUT2D eigenvalue weighted by Gasteiger charge is 2.09. The maximum absolute atomic E-state index is 13.2. The zero-order valence-corrected chi connectivity index (χ0v) is 9.68. The van der Waals surface area contributed by atoms with Crippen LogP contribution >= 0.6 is 0 Å². The lowest BCUT2D eigenvalue weighted by atomic mass is 10.2. The number of aryl methyl sites for hydroxylation is 1. The quantitative estimate of drug-likeness (QED) is 0.668. The van der Waals surface area contributed by atoms with Crippen LogP contribution in [0, 0.1) is 12.7 Å². The van der Waals surface area contributed by atoms with Gasteiger partial charge in [0, 0.05) is 5.56 Å². The average Bonchev–Trinajstić information content (AvgIpc) is 2.78. The number of hydrogen-bond donors (Lipinski definition) is 1. The van der Waals surface area contributed by atoms with E-state index in [9.17, 15) is 9.18 Å². The molecule has 0 saturated carbocycles. The molecule has 1 amide bonds. The number of carbonyl (C=O) groups excluding carboxylic acids is 1. The second-order valence-electron chi connectivity index (χ2n) is 3.61. The molecule has 0 radical (unpaired) electrons. The smallest absolute Gasteiger partial charge is 0.274 e. The Balaban J connectivity index is 2.03. The standard InChI is InChI=1S/C13H11FN2O2/c1-9-11(6-7-18-9)13(17)16-15-8-10-4-2-3-5-12(10)14/h2-8H,1H3,(H,16,17). The van der Waals surface area contributed by atoms with E-state index in [0.717, 1.165) is 0 Å². The van der Waals surface area contributed by atoms with E-state index in [0.29, 0.717) is 16.9 Å². The molecule has 18 heavy (non-hydrogen) atoms. The first-order valence-corrected chi connectivity index (χ1v) is 5.30. The van der Waals surface area contributed by atoms with Crippen molar-refractivity contribution in [3.8, 4) is 0 Å². The highest BCUT2D eigenvalue weighted by Crippen LogP contribution is 2.08. The van der Waals surface area contributed by atoms with Crippen molar-refractivity contribution >= 4 is 12.1 Å². The Morgan fingerprint density at radius 3 is 2.83 bits per heavy atom. The zero-order valence-electron chi connectivity index (χ0n) is 9.68.